The minimum absolute atomic E-state index is 0.724. The fraction of sp³-hybridized carbons (Fsp3) is 0.636. The number of aliphatic hydroxyl groups excluding tert-OH is 4. The zero-order chi connectivity index (χ0) is 36.7. The minimum atomic E-state index is -4.63. The van der Waals surface area contributed by atoms with Crippen molar-refractivity contribution in [3.05, 3.63) is 66.2 Å². The third-order valence-corrected chi connectivity index (χ3v) is 15.1. The summed E-state index contributed by atoms with van der Waals surface area (Å²) in [5, 5.41) is 41.4. The van der Waals surface area contributed by atoms with Crippen molar-refractivity contribution in [2.45, 2.75) is 49.1 Å². The highest BCUT2D eigenvalue weighted by molar-refractivity contribution is 7.74. The first-order chi connectivity index (χ1) is 22.5. The van der Waals surface area contributed by atoms with E-state index in [2.05, 4.69) is 0 Å². The average molecular weight is 782 g/mol. The number of ether oxygens (including phenoxy) is 2. The SMILES string of the molecule is CP(=O)(OCC1OC(n2ccc(=O)[nH]c2=O)C(O)C1O)OP(C)(=O)OP(C)(=O)OP(C)(=O)OCC1OC(n2ccc(=O)[nH]c2=O)C(O)C1O. The van der Waals surface area contributed by atoms with Crippen molar-refractivity contribution in [1.82, 2.24) is 19.1 Å². The summed E-state index contributed by atoms with van der Waals surface area (Å²) in [5.74, 6) is 0. The molecule has 4 rings (SSSR count). The Morgan fingerprint density at radius 2 is 0.939 bits per heavy atom. The van der Waals surface area contributed by atoms with Crippen LogP contribution in [0.4, 0.5) is 0 Å². The van der Waals surface area contributed by atoms with Crippen molar-refractivity contribution in [3.8, 4) is 0 Å². The molecule has 0 aromatic carbocycles. The van der Waals surface area contributed by atoms with Crippen LogP contribution in [0.15, 0.2) is 43.7 Å². The van der Waals surface area contributed by atoms with Gasteiger partial charge in [0.15, 0.2) is 12.5 Å². The largest absolute Gasteiger partial charge is 0.387 e. The van der Waals surface area contributed by atoms with E-state index < -0.39 is 115 Å². The third-order valence-electron chi connectivity index (χ3n) is 6.76. The van der Waals surface area contributed by atoms with Gasteiger partial charge in [-0.2, -0.15) is 0 Å². The molecule has 0 saturated carbocycles. The normalized spacial score (nSPS) is 32.2. The second-order valence-electron chi connectivity index (χ2n) is 11.0. The zero-order valence-electron chi connectivity index (χ0n) is 25.9. The molecule has 4 heterocycles. The van der Waals surface area contributed by atoms with Gasteiger partial charge in [0.05, 0.1) is 13.2 Å². The number of aromatic amines is 2. The first kappa shape index (κ1) is 39.6. The van der Waals surface area contributed by atoms with Gasteiger partial charge in [-0.15, -0.1) is 0 Å². The Kier molecular flexibility index (Phi) is 12.0. The van der Waals surface area contributed by atoms with Crippen LogP contribution < -0.4 is 22.5 Å². The third kappa shape index (κ3) is 10.0. The second kappa shape index (κ2) is 14.8. The average Bonchev–Trinajstić information content (AvgIpc) is 3.38. The van der Waals surface area contributed by atoms with Gasteiger partial charge in [-0.1, -0.05) is 0 Å². The van der Waals surface area contributed by atoms with Crippen LogP contribution in [-0.4, -0.2) is 116 Å². The van der Waals surface area contributed by atoms with E-state index in [0.717, 1.165) is 60.3 Å². The zero-order valence-corrected chi connectivity index (χ0v) is 29.5. The fourth-order valence-electron chi connectivity index (χ4n) is 4.75. The van der Waals surface area contributed by atoms with E-state index in [0.29, 0.717) is 0 Å². The van der Waals surface area contributed by atoms with Crippen molar-refractivity contribution < 1.29 is 70.1 Å². The van der Waals surface area contributed by atoms with Crippen LogP contribution in [0, 0.1) is 0 Å². The highest BCUT2D eigenvalue weighted by Gasteiger charge is 2.47. The van der Waals surface area contributed by atoms with Crippen LogP contribution >= 0.6 is 30.4 Å². The molecule has 6 N–H and O–H groups in total. The Morgan fingerprint density at radius 1 is 0.612 bits per heavy atom. The van der Waals surface area contributed by atoms with Crippen molar-refractivity contribution in [3.63, 3.8) is 0 Å². The number of nitrogens with one attached hydrogen (secondary N) is 2. The molecule has 2 aromatic rings. The molecule has 276 valence electrons. The molecule has 12 atom stereocenters. The molecule has 12 unspecified atom stereocenters. The van der Waals surface area contributed by atoms with Crippen LogP contribution in [0.25, 0.3) is 0 Å². The predicted molar refractivity (Wildman–Crippen MR) is 164 cm³/mol. The number of rotatable bonds is 14. The van der Waals surface area contributed by atoms with Gasteiger partial charge in [-0.25, -0.2) is 22.5 Å². The summed E-state index contributed by atoms with van der Waals surface area (Å²) in [7, 11) is -18.1. The molecular weight excluding hydrogens is 748 g/mol. The van der Waals surface area contributed by atoms with Gasteiger partial charge in [0.2, 0.25) is 0 Å². The first-order valence-corrected chi connectivity index (χ1v) is 21.8. The summed E-state index contributed by atoms with van der Waals surface area (Å²) in [5.41, 5.74) is -3.36. The Morgan fingerprint density at radius 3 is 1.27 bits per heavy atom. The molecule has 0 radical (unpaired) electrons. The van der Waals surface area contributed by atoms with E-state index in [-0.39, 0.29) is 0 Å². The summed E-state index contributed by atoms with van der Waals surface area (Å²) >= 11 is 0. The fourth-order valence-corrected chi connectivity index (χ4v) is 13.2. The molecule has 23 nitrogen and oxygen atoms in total. The number of nitrogens with zero attached hydrogens (tertiary/aromatic N) is 2. The Hall–Kier alpha value is -2.16. The Balaban J connectivity index is 1.31. The van der Waals surface area contributed by atoms with Gasteiger partial charge in [0.25, 0.3) is 11.1 Å². The standard InChI is InChI=1S/C22H34N4O19P4/c1-46(35,39-9-11-15(29)17(31)19(41-11)25-7-5-13(27)23-21(25)33)43-48(3,37)45-49(4,38)44-47(2,36)40-10-12-16(30)18(32)20(42-12)26-8-6-14(28)24-22(26)34/h5-8,11-12,15-20,29-32H,9-10H2,1-4H3,(H,23,27,33)(H,24,28,34). The number of aliphatic hydroxyl groups is 4. The van der Waals surface area contributed by atoms with Crippen LogP contribution in [0.1, 0.15) is 12.5 Å². The Bertz CT molecular complexity index is 1820. The molecule has 0 bridgehead atoms. The van der Waals surface area contributed by atoms with E-state index in [1.807, 2.05) is 9.97 Å². The summed E-state index contributed by atoms with van der Waals surface area (Å²) in [4.78, 5) is 50.6. The van der Waals surface area contributed by atoms with Gasteiger partial charge in [-0.3, -0.25) is 47.0 Å². The lowest BCUT2D eigenvalue weighted by atomic mass is 10.1. The molecular formula is C22H34N4O19P4. The van der Waals surface area contributed by atoms with E-state index >= 15 is 0 Å². The molecule has 0 aliphatic carbocycles. The van der Waals surface area contributed by atoms with E-state index in [1.54, 1.807) is 0 Å². The van der Waals surface area contributed by atoms with Gasteiger partial charge >= 0.3 is 41.8 Å². The summed E-state index contributed by atoms with van der Waals surface area (Å²) in [6.45, 7) is 1.64. The molecule has 27 heteroatoms. The van der Waals surface area contributed by atoms with Gasteiger partial charge < -0.3 is 38.9 Å². The Labute approximate surface area is 274 Å². The number of hydrogen-bond donors (Lipinski definition) is 6. The number of aromatic nitrogens is 4. The lowest BCUT2D eigenvalue weighted by molar-refractivity contribution is -0.0523. The van der Waals surface area contributed by atoms with Crippen LogP contribution in [0.2, 0.25) is 0 Å². The summed E-state index contributed by atoms with van der Waals surface area (Å²) < 4.78 is 89.4. The smallest absolute Gasteiger partial charge is 0.341 e. The molecule has 2 aliphatic rings. The molecule has 0 spiro atoms. The molecule has 2 aliphatic heterocycles. The van der Waals surface area contributed by atoms with E-state index in [1.165, 1.54) is 0 Å². The van der Waals surface area contributed by atoms with Crippen molar-refractivity contribution in [1.29, 1.82) is 0 Å². The summed E-state index contributed by atoms with van der Waals surface area (Å²) in [6.07, 6.45) is -10.5. The molecule has 2 aromatic heterocycles. The summed E-state index contributed by atoms with van der Waals surface area (Å²) in [6, 6.07) is 1.94. The van der Waals surface area contributed by atoms with E-state index in [4.69, 9.17) is 31.5 Å². The van der Waals surface area contributed by atoms with Crippen molar-refractivity contribution in [2.75, 3.05) is 39.9 Å². The molecule has 2 fully saturated rings. The maximum atomic E-state index is 13.0. The lowest BCUT2D eigenvalue weighted by Crippen LogP contribution is -2.37. The molecule has 0 amide bonds. The maximum Gasteiger partial charge on any atom is 0.341 e. The van der Waals surface area contributed by atoms with Gasteiger partial charge in [-0.05, 0) is 0 Å². The first-order valence-electron chi connectivity index (χ1n) is 13.9. The highest BCUT2D eigenvalue weighted by atomic mass is 31.3. The van der Waals surface area contributed by atoms with Crippen molar-refractivity contribution in [2.24, 2.45) is 0 Å². The van der Waals surface area contributed by atoms with Crippen LogP contribution in [0.5, 0.6) is 0 Å². The highest BCUT2D eigenvalue weighted by Crippen LogP contribution is 2.72. The maximum absolute atomic E-state index is 13.0. The van der Waals surface area contributed by atoms with Gasteiger partial charge in [0, 0.05) is 51.2 Å². The lowest BCUT2D eigenvalue weighted by Gasteiger charge is -2.25. The van der Waals surface area contributed by atoms with E-state index in [9.17, 15) is 57.9 Å². The van der Waals surface area contributed by atoms with Gasteiger partial charge in [0.1, 0.15) is 36.6 Å². The monoisotopic (exact) mass is 782 g/mol. The van der Waals surface area contributed by atoms with Crippen LogP contribution in [-0.2, 0) is 49.7 Å². The van der Waals surface area contributed by atoms with Crippen LogP contribution in [0.3, 0.4) is 0 Å². The number of hydrogen-bond acceptors (Lipinski definition) is 19. The number of H-pyrrole nitrogens is 2. The minimum Gasteiger partial charge on any atom is -0.387 e. The molecule has 2 saturated heterocycles. The molecule has 49 heavy (non-hydrogen) atoms. The topological polar surface area (TPSA) is 324 Å². The van der Waals surface area contributed by atoms with Crippen molar-refractivity contribution >= 4 is 30.4 Å². The predicted octanol–water partition coefficient (Wildman–Crippen LogP) is -1.30. The second-order valence-corrected chi connectivity index (χ2v) is 19.7. The quantitative estimate of drug-likeness (QED) is 0.121.